The number of nitrogens with one attached hydrogen (secondary N) is 1. The van der Waals surface area contributed by atoms with Crippen molar-refractivity contribution in [3.63, 3.8) is 0 Å². The Bertz CT molecular complexity index is 433. The maximum atomic E-state index is 12.3. The van der Waals surface area contributed by atoms with E-state index in [0.717, 1.165) is 5.57 Å². The van der Waals surface area contributed by atoms with Gasteiger partial charge in [0, 0.05) is 11.7 Å². The Kier molecular flexibility index (Phi) is 6.28. The van der Waals surface area contributed by atoms with Crippen LogP contribution in [-0.4, -0.2) is 37.2 Å². The zero-order valence-corrected chi connectivity index (χ0v) is 11.8. The molecule has 0 saturated carbocycles. The number of carbonyl (C=O) groups excluding carboxylic acids is 1. The molecule has 0 fully saturated rings. The highest BCUT2D eigenvalue weighted by Crippen LogP contribution is 2.33. The van der Waals surface area contributed by atoms with Gasteiger partial charge in [-0.05, 0) is 17.9 Å². The van der Waals surface area contributed by atoms with Crippen LogP contribution < -0.4 is 5.32 Å². The Hall–Kier alpha value is -1.28. The van der Waals surface area contributed by atoms with Gasteiger partial charge in [0.1, 0.15) is 0 Å². The van der Waals surface area contributed by atoms with Crippen molar-refractivity contribution in [1.29, 1.82) is 0 Å². The van der Waals surface area contributed by atoms with E-state index in [1.54, 1.807) is 6.92 Å². The van der Waals surface area contributed by atoms with Gasteiger partial charge < -0.3 is 5.32 Å². The summed E-state index contributed by atoms with van der Waals surface area (Å²) >= 11 is 1.48. The highest BCUT2D eigenvalue weighted by atomic mass is 32.2. The Balaban J connectivity index is 2.93. The highest BCUT2D eigenvalue weighted by Gasteiger charge is 2.37. The first-order chi connectivity index (χ1) is 9.39. The van der Waals surface area contributed by atoms with Gasteiger partial charge in [-0.25, -0.2) is 4.99 Å². The van der Waals surface area contributed by atoms with E-state index >= 15 is 0 Å². The molecule has 1 amide bonds. The van der Waals surface area contributed by atoms with Gasteiger partial charge in [0.05, 0.1) is 18.1 Å². The molecule has 0 radical (unpaired) electrons. The maximum absolute atomic E-state index is 12.3. The van der Waals surface area contributed by atoms with Crippen LogP contribution in [0.5, 0.6) is 0 Å². The second-order valence-corrected chi connectivity index (χ2v) is 4.93. The standard InChI is InChI=1S/C12H15F3N2O2S/c1-8-9(5-20-2)10(17-6-16-7-18)3-4-11(8)19-12(13,14)15/h3-4,6-8,11H,5H2,1-2H3,(H,16,17,18). The molecule has 0 aromatic rings. The van der Waals surface area contributed by atoms with Crippen LogP contribution in [0.1, 0.15) is 6.92 Å². The average molecular weight is 308 g/mol. The molecule has 4 nitrogen and oxygen atoms in total. The van der Waals surface area contributed by atoms with Crippen molar-refractivity contribution < 1.29 is 22.7 Å². The number of allylic oxidation sites excluding steroid dienone is 1. The van der Waals surface area contributed by atoms with Gasteiger partial charge in [-0.3, -0.25) is 9.53 Å². The van der Waals surface area contributed by atoms with Crippen molar-refractivity contribution in [3.8, 4) is 0 Å². The number of aliphatic imine (C=N–C) groups is 1. The predicted molar refractivity (Wildman–Crippen MR) is 72.3 cm³/mol. The van der Waals surface area contributed by atoms with Gasteiger partial charge in [0.25, 0.3) is 0 Å². The van der Waals surface area contributed by atoms with E-state index in [4.69, 9.17) is 0 Å². The molecule has 0 aromatic carbocycles. The summed E-state index contributed by atoms with van der Waals surface area (Å²) in [5.74, 6) is 0.0919. The number of alkyl halides is 3. The normalized spacial score (nSPS) is 23.4. The lowest BCUT2D eigenvalue weighted by atomic mass is 9.90. The third-order valence-electron chi connectivity index (χ3n) is 2.73. The Labute approximate surface area is 119 Å². The van der Waals surface area contributed by atoms with Gasteiger partial charge in [0.2, 0.25) is 6.41 Å². The summed E-state index contributed by atoms with van der Waals surface area (Å²) in [4.78, 5) is 14.2. The number of thioether (sulfide) groups is 1. The largest absolute Gasteiger partial charge is 0.523 e. The number of rotatable bonds is 6. The summed E-state index contributed by atoms with van der Waals surface area (Å²) in [6, 6.07) is 0. The Morgan fingerprint density at radius 1 is 1.55 bits per heavy atom. The van der Waals surface area contributed by atoms with Crippen molar-refractivity contribution >= 4 is 24.5 Å². The first-order valence-electron chi connectivity index (χ1n) is 5.76. The van der Waals surface area contributed by atoms with Crippen LogP contribution in [0, 0.1) is 5.92 Å². The minimum absolute atomic E-state index is 0.447. The molecule has 0 spiro atoms. The van der Waals surface area contributed by atoms with Crippen LogP contribution in [0.4, 0.5) is 13.2 Å². The summed E-state index contributed by atoms with van der Waals surface area (Å²) in [6.45, 7) is 1.66. The van der Waals surface area contributed by atoms with E-state index in [-0.39, 0.29) is 0 Å². The summed E-state index contributed by atoms with van der Waals surface area (Å²) in [5, 5.41) is 2.26. The Morgan fingerprint density at radius 3 is 2.80 bits per heavy atom. The fourth-order valence-corrected chi connectivity index (χ4v) is 2.53. The molecule has 0 bridgehead atoms. The summed E-state index contributed by atoms with van der Waals surface area (Å²) in [7, 11) is 0. The zero-order valence-electron chi connectivity index (χ0n) is 11.0. The fraction of sp³-hybridized carbons (Fsp3) is 0.500. The van der Waals surface area contributed by atoms with Crippen LogP contribution in [0.25, 0.3) is 0 Å². The molecule has 20 heavy (non-hydrogen) atoms. The lowest BCUT2D eigenvalue weighted by Gasteiger charge is -2.28. The first-order valence-corrected chi connectivity index (χ1v) is 7.15. The van der Waals surface area contributed by atoms with E-state index in [2.05, 4.69) is 15.0 Å². The topological polar surface area (TPSA) is 50.7 Å². The van der Waals surface area contributed by atoms with E-state index in [1.165, 1.54) is 30.3 Å². The van der Waals surface area contributed by atoms with Crippen molar-refractivity contribution in [3.05, 3.63) is 23.4 Å². The lowest BCUT2D eigenvalue weighted by Crippen LogP contribution is -2.31. The lowest BCUT2D eigenvalue weighted by molar-refractivity contribution is -0.340. The van der Waals surface area contributed by atoms with Crippen LogP contribution >= 0.6 is 11.8 Å². The van der Waals surface area contributed by atoms with Crippen molar-refractivity contribution in [2.24, 2.45) is 10.9 Å². The van der Waals surface area contributed by atoms with Gasteiger partial charge >= 0.3 is 6.36 Å². The molecule has 1 N–H and O–H groups in total. The second kappa shape index (κ2) is 7.49. The Morgan fingerprint density at radius 2 is 2.25 bits per heavy atom. The molecule has 0 aromatic heterocycles. The van der Waals surface area contributed by atoms with Crippen LogP contribution in [0.2, 0.25) is 0 Å². The number of carbonyl (C=O) groups is 1. The van der Waals surface area contributed by atoms with Crippen molar-refractivity contribution in [2.45, 2.75) is 19.4 Å². The minimum atomic E-state index is -4.67. The van der Waals surface area contributed by atoms with Crippen LogP contribution in [0.3, 0.4) is 0 Å². The molecule has 1 aliphatic carbocycles. The van der Waals surface area contributed by atoms with Gasteiger partial charge in [-0.15, -0.1) is 13.2 Å². The number of amides is 1. The molecular formula is C12H15F3N2O2S. The predicted octanol–water partition coefficient (Wildman–Crippen LogP) is 2.49. The van der Waals surface area contributed by atoms with E-state index in [9.17, 15) is 18.0 Å². The number of hydrogen-bond donors (Lipinski definition) is 1. The summed E-state index contributed by atoms with van der Waals surface area (Å²) in [5.41, 5.74) is 1.29. The zero-order chi connectivity index (χ0) is 15.2. The molecule has 0 aliphatic heterocycles. The molecule has 1 rings (SSSR count). The maximum Gasteiger partial charge on any atom is 0.523 e. The van der Waals surface area contributed by atoms with Crippen molar-refractivity contribution in [2.75, 3.05) is 12.0 Å². The second-order valence-electron chi connectivity index (χ2n) is 4.06. The molecule has 0 saturated heterocycles. The average Bonchev–Trinajstić information content (AvgIpc) is 2.35. The molecular weight excluding hydrogens is 293 g/mol. The molecule has 2 unspecified atom stereocenters. The fourth-order valence-electron chi connectivity index (χ4n) is 1.81. The van der Waals surface area contributed by atoms with E-state index in [0.29, 0.717) is 17.9 Å². The van der Waals surface area contributed by atoms with Crippen LogP contribution in [0.15, 0.2) is 28.4 Å². The molecule has 112 valence electrons. The smallest absolute Gasteiger partial charge is 0.319 e. The van der Waals surface area contributed by atoms with E-state index < -0.39 is 18.4 Å². The molecule has 2 atom stereocenters. The molecule has 8 heteroatoms. The molecule has 0 heterocycles. The summed E-state index contributed by atoms with van der Waals surface area (Å²) < 4.78 is 41.0. The van der Waals surface area contributed by atoms with Gasteiger partial charge in [-0.1, -0.05) is 13.0 Å². The first kappa shape index (κ1) is 16.8. The van der Waals surface area contributed by atoms with Crippen LogP contribution in [-0.2, 0) is 9.53 Å². The SMILES string of the molecule is CSCC1=C(N=CNC=O)C=CC(OC(F)(F)F)C1C. The third kappa shape index (κ3) is 5.01. The number of halogens is 3. The molecule has 1 aliphatic rings. The summed E-state index contributed by atoms with van der Waals surface area (Å²) in [6.07, 6.45) is 0.584. The van der Waals surface area contributed by atoms with E-state index in [1.807, 2.05) is 6.26 Å². The number of nitrogens with zero attached hydrogens (tertiary/aromatic N) is 1. The minimum Gasteiger partial charge on any atom is -0.319 e. The quantitative estimate of drug-likeness (QED) is 0.466. The number of hydrogen-bond acceptors (Lipinski definition) is 4. The highest BCUT2D eigenvalue weighted by molar-refractivity contribution is 7.98. The third-order valence-corrected chi connectivity index (χ3v) is 3.33. The number of ether oxygens (including phenoxy) is 1. The van der Waals surface area contributed by atoms with Gasteiger partial charge in [0.15, 0.2) is 0 Å². The van der Waals surface area contributed by atoms with Gasteiger partial charge in [-0.2, -0.15) is 11.8 Å². The monoisotopic (exact) mass is 308 g/mol. The van der Waals surface area contributed by atoms with Crippen molar-refractivity contribution in [1.82, 2.24) is 5.32 Å².